The highest BCUT2D eigenvalue weighted by molar-refractivity contribution is 5.74. The van der Waals surface area contributed by atoms with Crippen molar-refractivity contribution in [2.45, 2.75) is 84.8 Å². The van der Waals surface area contributed by atoms with Crippen LogP contribution in [0.4, 0.5) is 9.59 Å². The van der Waals surface area contributed by atoms with Gasteiger partial charge in [0.15, 0.2) is 6.29 Å². The SMILES string of the molecule is CC(C)CCN(C[C@@H](O)[C@H](Cc1ccccc1)NC(=O)OC1C2COC3OCC1C3C2)C(=O)N(C)CCC(C)(C)C. The highest BCUT2D eigenvalue weighted by Crippen LogP contribution is 2.49. The van der Waals surface area contributed by atoms with Crippen LogP contribution >= 0.6 is 0 Å². The molecule has 5 unspecified atom stereocenters. The fourth-order valence-electron chi connectivity index (χ4n) is 6.18. The number of urea groups is 1. The van der Waals surface area contributed by atoms with Gasteiger partial charge in [-0.3, -0.25) is 0 Å². The molecule has 2 aliphatic heterocycles. The maximum Gasteiger partial charge on any atom is 0.407 e. The monoisotopic (exact) mass is 573 g/mol. The third-order valence-corrected chi connectivity index (χ3v) is 8.78. The second kappa shape index (κ2) is 13.7. The molecule has 4 rings (SSSR count). The van der Waals surface area contributed by atoms with E-state index in [1.807, 2.05) is 37.4 Å². The maximum absolute atomic E-state index is 13.5. The molecule has 1 aliphatic carbocycles. The van der Waals surface area contributed by atoms with Crippen LogP contribution in [0.25, 0.3) is 0 Å². The van der Waals surface area contributed by atoms with Crippen LogP contribution in [0.5, 0.6) is 0 Å². The Bertz CT molecular complexity index is 999. The van der Waals surface area contributed by atoms with E-state index in [0.717, 1.165) is 24.8 Å². The summed E-state index contributed by atoms with van der Waals surface area (Å²) in [6, 6.07) is 9.02. The van der Waals surface area contributed by atoms with Crippen molar-refractivity contribution in [3.8, 4) is 0 Å². The van der Waals surface area contributed by atoms with Gasteiger partial charge in [0.05, 0.1) is 31.9 Å². The van der Waals surface area contributed by atoms with Crippen LogP contribution < -0.4 is 5.32 Å². The van der Waals surface area contributed by atoms with Gasteiger partial charge in [0.25, 0.3) is 0 Å². The number of benzene rings is 1. The smallest absolute Gasteiger partial charge is 0.407 e. The summed E-state index contributed by atoms with van der Waals surface area (Å²) in [5.41, 5.74) is 1.09. The Balaban J connectivity index is 1.44. The zero-order valence-corrected chi connectivity index (χ0v) is 25.8. The molecule has 7 atom stereocenters. The van der Waals surface area contributed by atoms with Crippen molar-refractivity contribution in [1.29, 1.82) is 0 Å². The standard InChI is InChI=1S/C32H51N3O6/c1-21(2)12-14-35(31(38)34(6)15-13-32(3,4)5)18-27(36)26(16-22-10-8-7-9-11-22)33-30(37)41-28-23-17-24-25(28)20-40-29(24)39-19-23/h7-11,21,23-29,36H,12-20H2,1-6H3,(H,33,37)/t23?,24?,25?,26-,27+,28?,29?/m0/s1. The Kier molecular flexibility index (Phi) is 10.6. The molecular weight excluding hydrogens is 522 g/mol. The molecule has 1 aromatic rings. The van der Waals surface area contributed by atoms with Gasteiger partial charge >= 0.3 is 12.1 Å². The largest absolute Gasteiger partial charge is 0.445 e. The van der Waals surface area contributed by atoms with E-state index in [0.29, 0.717) is 38.6 Å². The van der Waals surface area contributed by atoms with Crippen molar-refractivity contribution < 1.29 is 28.9 Å². The molecule has 0 aromatic heterocycles. The summed E-state index contributed by atoms with van der Waals surface area (Å²) in [4.78, 5) is 30.3. The van der Waals surface area contributed by atoms with Crippen molar-refractivity contribution in [2.75, 3.05) is 39.9 Å². The van der Waals surface area contributed by atoms with E-state index in [1.54, 1.807) is 9.80 Å². The minimum atomic E-state index is -0.986. The van der Waals surface area contributed by atoms with E-state index in [9.17, 15) is 14.7 Å². The Morgan fingerprint density at radius 2 is 1.80 bits per heavy atom. The first-order valence-electron chi connectivity index (χ1n) is 15.3. The van der Waals surface area contributed by atoms with E-state index in [2.05, 4.69) is 39.9 Å². The number of nitrogens with one attached hydrogen (secondary N) is 1. The summed E-state index contributed by atoms with van der Waals surface area (Å²) >= 11 is 0. The lowest BCUT2D eigenvalue weighted by atomic mass is 9.92. The van der Waals surface area contributed by atoms with Gasteiger partial charge in [-0.15, -0.1) is 0 Å². The molecule has 3 aliphatic rings. The molecule has 2 N–H and O–H groups in total. The second-order valence-electron chi connectivity index (χ2n) is 13.9. The highest BCUT2D eigenvalue weighted by atomic mass is 16.7. The quantitative estimate of drug-likeness (QED) is 0.381. The van der Waals surface area contributed by atoms with Crippen LogP contribution in [0.3, 0.4) is 0 Å². The molecular formula is C32H51N3O6. The van der Waals surface area contributed by atoms with E-state index < -0.39 is 18.2 Å². The summed E-state index contributed by atoms with van der Waals surface area (Å²) in [6.07, 6.45) is 1.07. The van der Waals surface area contributed by atoms with Crippen LogP contribution in [-0.2, 0) is 20.6 Å². The Morgan fingerprint density at radius 3 is 2.49 bits per heavy atom. The summed E-state index contributed by atoms with van der Waals surface area (Å²) in [6.45, 7) is 13.1. The zero-order chi connectivity index (χ0) is 29.7. The molecule has 230 valence electrons. The Hall–Kier alpha value is -2.36. The molecule has 1 saturated carbocycles. The zero-order valence-electron chi connectivity index (χ0n) is 25.8. The fraction of sp³-hybridized carbons (Fsp3) is 0.750. The fourth-order valence-corrected chi connectivity index (χ4v) is 6.18. The third kappa shape index (κ3) is 8.58. The number of aliphatic hydroxyl groups is 1. The van der Waals surface area contributed by atoms with Crippen LogP contribution in [-0.4, -0.2) is 91.5 Å². The maximum atomic E-state index is 13.5. The highest BCUT2D eigenvalue weighted by Gasteiger charge is 2.56. The number of carbonyl (C=O) groups excluding carboxylic acids is 2. The molecule has 1 aromatic carbocycles. The molecule has 3 amide bonds. The number of ether oxygens (including phenoxy) is 3. The van der Waals surface area contributed by atoms with Crippen LogP contribution in [0.15, 0.2) is 30.3 Å². The first kappa shape index (κ1) is 31.6. The second-order valence-corrected chi connectivity index (χ2v) is 13.9. The number of hydrogen-bond donors (Lipinski definition) is 2. The van der Waals surface area contributed by atoms with Crippen LogP contribution in [0.2, 0.25) is 0 Å². The molecule has 9 heteroatoms. The minimum absolute atomic E-state index is 0.107. The Morgan fingerprint density at radius 1 is 1.10 bits per heavy atom. The summed E-state index contributed by atoms with van der Waals surface area (Å²) in [5, 5.41) is 14.5. The molecule has 3 fully saturated rings. The molecule has 41 heavy (non-hydrogen) atoms. The van der Waals surface area contributed by atoms with Crippen molar-refractivity contribution >= 4 is 12.1 Å². The summed E-state index contributed by atoms with van der Waals surface area (Å²) in [7, 11) is 1.82. The van der Waals surface area contributed by atoms with Gasteiger partial charge < -0.3 is 34.4 Å². The van der Waals surface area contributed by atoms with Gasteiger partial charge in [-0.2, -0.15) is 0 Å². The predicted octanol–water partition coefficient (Wildman–Crippen LogP) is 4.53. The average Bonchev–Trinajstić information content (AvgIpc) is 3.45. The molecule has 2 heterocycles. The minimum Gasteiger partial charge on any atom is -0.445 e. The molecule has 0 spiro atoms. The lowest BCUT2D eigenvalue weighted by Gasteiger charge is -2.34. The third-order valence-electron chi connectivity index (χ3n) is 8.78. The number of carbonyl (C=O) groups is 2. The first-order chi connectivity index (χ1) is 19.4. The number of fused-ring (bicyclic) bond motifs is 1. The van der Waals surface area contributed by atoms with Crippen LogP contribution in [0, 0.1) is 29.1 Å². The number of rotatable bonds is 12. The van der Waals surface area contributed by atoms with Gasteiger partial charge in [0, 0.05) is 37.9 Å². The van der Waals surface area contributed by atoms with Gasteiger partial charge in [-0.05, 0) is 42.6 Å². The number of aliphatic hydroxyl groups excluding tert-OH is 1. The number of nitrogens with zero attached hydrogens (tertiary/aromatic N) is 2. The summed E-state index contributed by atoms with van der Waals surface area (Å²) in [5.74, 6) is 0.988. The van der Waals surface area contributed by atoms with E-state index in [4.69, 9.17) is 14.2 Å². The van der Waals surface area contributed by atoms with E-state index >= 15 is 0 Å². The first-order valence-corrected chi connectivity index (χ1v) is 15.3. The van der Waals surface area contributed by atoms with Gasteiger partial charge in [0.1, 0.15) is 6.10 Å². The van der Waals surface area contributed by atoms with Crippen molar-refractivity contribution in [2.24, 2.45) is 29.1 Å². The van der Waals surface area contributed by atoms with Gasteiger partial charge in [0.2, 0.25) is 0 Å². The number of hydrogen-bond acceptors (Lipinski definition) is 6. The van der Waals surface area contributed by atoms with E-state index in [-0.39, 0.29) is 48.1 Å². The lowest BCUT2D eigenvalue weighted by molar-refractivity contribution is -0.169. The van der Waals surface area contributed by atoms with Gasteiger partial charge in [-0.1, -0.05) is 65.0 Å². The van der Waals surface area contributed by atoms with E-state index in [1.165, 1.54) is 0 Å². The van der Waals surface area contributed by atoms with Crippen LogP contribution in [0.1, 0.15) is 59.4 Å². The molecule has 2 saturated heterocycles. The summed E-state index contributed by atoms with van der Waals surface area (Å²) < 4.78 is 17.6. The molecule has 9 nitrogen and oxygen atoms in total. The molecule has 2 bridgehead atoms. The topological polar surface area (TPSA) is 101 Å². The van der Waals surface area contributed by atoms with Gasteiger partial charge in [-0.25, -0.2) is 9.59 Å². The predicted molar refractivity (Wildman–Crippen MR) is 157 cm³/mol. The normalized spacial score (nSPS) is 26.5. The average molecular weight is 574 g/mol. The van der Waals surface area contributed by atoms with Crippen molar-refractivity contribution in [1.82, 2.24) is 15.1 Å². The van der Waals surface area contributed by atoms with Crippen molar-refractivity contribution in [3.05, 3.63) is 35.9 Å². The Labute approximate surface area is 245 Å². The molecule has 0 radical (unpaired) electrons. The van der Waals surface area contributed by atoms with Crippen molar-refractivity contribution in [3.63, 3.8) is 0 Å². The lowest BCUT2D eigenvalue weighted by Crippen LogP contribution is -2.53. The number of amides is 3. The number of alkyl carbamates (subject to hydrolysis) is 1.